The number of hydrogen-bond acceptors (Lipinski definition) is 4. The van der Waals surface area contributed by atoms with Crippen LogP contribution >= 0.6 is 0 Å². The second kappa shape index (κ2) is 5.09. The maximum absolute atomic E-state index is 12.3. The predicted octanol–water partition coefficient (Wildman–Crippen LogP) is 2.25. The summed E-state index contributed by atoms with van der Waals surface area (Å²) in [6.07, 6.45) is -0.949. The average Bonchev–Trinajstić information content (AvgIpc) is 2.87. The maximum atomic E-state index is 12.3. The fraction of sp³-hybridized carbons (Fsp3) is 0. The van der Waals surface area contributed by atoms with E-state index in [0.717, 1.165) is 0 Å². The number of nitrogens with one attached hydrogen (secondary N) is 1. The molecule has 0 aliphatic rings. The van der Waals surface area contributed by atoms with Gasteiger partial charge in [-0.05, 0) is 18.2 Å². The highest BCUT2D eigenvalue weighted by atomic mass is 16.6. The molecule has 3 N–H and O–H groups in total. The van der Waals surface area contributed by atoms with Gasteiger partial charge in [0.05, 0.1) is 11.0 Å². The third-order valence-electron chi connectivity index (χ3n) is 2.96. The molecule has 0 spiro atoms. The van der Waals surface area contributed by atoms with Crippen molar-refractivity contribution < 1.29 is 14.3 Å². The standard InChI is InChI=1S/C15H11N3O3/c16-14(20)21-15-17-11-7-6-10(8-12(11)18-15)13(19)9-4-2-1-3-5-9/h1-8H,(H2,16,20)(H,17,18). The molecule has 3 aromatic rings. The Morgan fingerprint density at radius 2 is 1.81 bits per heavy atom. The molecule has 0 saturated heterocycles. The van der Waals surface area contributed by atoms with E-state index in [9.17, 15) is 9.59 Å². The van der Waals surface area contributed by atoms with Gasteiger partial charge >= 0.3 is 12.1 Å². The molecule has 21 heavy (non-hydrogen) atoms. The molecule has 0 radical (unpaired) electrons. The molecule has 0 aliphatic heterocycles. The topological polar surface area (TPSA) is 98.1 Å². The molecular formula is C15H11N3O3. The second-order valence-corrected chi connectivity index (χ2v) is 4.39. The minimum Gasteiger partial charge on any atom is -0.376 e. The van der Waals surface area contributed by atoms with Crippen LogP contribution in [0.1, 0.15) is 15.9 Å². The van der Waals surface area contributed by atoms with Crippen molar-refractivity contribution >= 4 is 22.9 Å². The van der Waals surface area contributed by atoms with Gasteiger partial charge in [-0.15, -0.1) is 0 Å². The lowest BCUT2D eigenvalue weighted by molar-refractivity contribution is 0.103. The lowest BCUT2D eigenvalue weighted by Crippen LogP contribution is -2.16. The van der Waals surface area contributed by atoms with Crippen molar-refractivity contribution in [1.82, 2.24) is 9.97 Å². The van der Waals surface area contributed by atoms with Gasteiger partial charge in [0.1, 0.15) is 0 Å². The minimum absolute atomic E-state index is 0.00168. The molecule has 0 bridgehead atoms. The summed E-state index contributed by atoms with van der Waals surface area (Å²) < 4.78 is 4.67. The van der Waals surface area contributed by atoms with E-state index in [1.165, 1.54) is 0 Å². The first kappa shape index (κ1) is 12.9. The van der Waals surface area contributed by atoms with Gasteiger partial charge in [0.2, 0.25) is 0 Å². The number of carbonyl (C=O) groups is 2. The Bertz CT molecular complexity index is 825. The molecule has 0 unspecified atom stereocenters. The highest BCUT2D eigenvalue weighted by Crippen LogP contribution is 2.19. The van der Waals surface area contributed by atoms with Crippen LogP contribution in [-0.4, -0.2) is 21.8 Å². The Morgan fingerprint density at radius 1 is 1.05 bits per heavy atom. The number of rotatable bonds is 3. The minimum atomic E-state index is -0.949. The van der Waals surface area contributed by atoms with Gasteiger partial charge in [-0.3, -0.25) is 4.79 Å². The number of hydrogen-bond donors (Lipinski definition) is 2. The van der Waals surface area contributed by atoms with Crippen molar-refractivity contribution in [2.45, 2.75) is 0 Å². The highest BCUT2D eigenvalue weighted by molar-refractivity contribution is 6.10. The molecular weight excluding hydrogens is 270 g/mol. The normalized spacial score (nSPS) is 10.5. The Morgan fingerprint density at radius 3 is 2.52 bits per heavy atom. The number of nitrogens with zero attached hydrogens (tertiary/aromatic N) is 1. The van der Waals surface area contributed by atoms with E-state index in [1.54, 1.807) is 42.5 Å². The molecule has 2 aromatic carbocycles. The van der Waals surface area contributed by atoms with Gasteiger partial charge in [0.15, 0.2) is 5.78 Å². The van der Waals surface area contributed by atoms with Crippen molar-refractivity contribution in [2.75, 3.05) is 0 Å². The number of aromatic amines is 1. The summed E-state index contributed by atoms with van der Waals surface area (Å²) in [6.45, 7) is 0. The number of imidazole rings is 1. The summed E-state index contributed by atoms with van der Waals surface area (Å²) in [5.74, 6) is -0.0992. The zero-order valence-corrected chi connectivity index (χ0v) is 10.9. The van der Waals surface area contributed by atoms with Crippen LogP contribution in [0, 0.1) is 0 Å². The van der Waals surface area contributed by atoms with Crippen molar-refractivity contribution in [3.63, 3.8) is 0 Å². The summed E-state index contributed by atoms with van der Waals surface area (Å²) in [5, 5.41) is 0. The van der Waals surface area contributed by atoms with Crippen LogP contribution in [0.2, 0.25) is 0 Å². The molecule has 0 saturated carbocycles. The number of benzene rings is 2. The van der Waals surface area contributed by atoms with E-state index >= 15 is 0 Å². The van der Waals surface area contributed by atoms with Crippen molar-refractivity contribution in [3.05, 3.63) is 59.7 Å². The molecule has 1 heterocycles. The monoisotopic (exact) mass is 281 g/mol. The van der Waals surface area contributed by atoms with E-state index in [2.05, 4.69) is 14.7 Å². The molecule has 0 fully saturated rings. The largest absolute Gasteiger partial charge is 0.412 e. The van der Waals surface area contributed by atoms with Gasteiger partial charge in [-0.2, -0.15) is 4.98 Å². The van der Waals surface area contributed by atoms with Crippen LogP contribution in [0.25, 0.3) is 11.0 Å². The first-order chi connectivity index (χ1) is 10.1. The molecule has 1 aromatic heterocycles. The third kappa shape index (κ3) is 2.59. The summed E-state index contributed by atoms with van der Waals surface area (Å²) >= 11 is 0. The van der Waals surface area contributed by atoms with Crippen molar-refractivity contribution in [1.29, 1.82) is 0 Å². The number of H-pyrrole nitrogens is 1. The van der Waals surface area contributed by atoms with Crippen LogP contribution in [0.4, 0.5) is 4.79 Å². The van der Waals surface area contributed by atoms with Crippen LogP contribution in [-0.2, 0) is 0 Å². The molecule has 6 heteroatoms. The smallest absolute Gasteiger partial charge is 0.376 e. The van der Waals surface area contributed by atoms with Crippen molar-refractivity contribution in [3.8, 4) is 6.01 Å². The molecule has 0 aliphatic carbocycles. The van der Waals surface area contributed by atoms with Gasteiger partial charge < -0.3 is 15.5 Å². The Labute approximate surface area is 119 Å². The van der Waals surface area contributed by atoms with Gasteiger partial charge in [0.25, 0.3) is 0 Å². The first-order valence-electron chi connectivity index (χ1n) is 6.20. The van der Waals surface area contributed by atoms with Crippen LogP contribution in [0.15, 0.2) is 48.5 Å². The summed E-state index contributed by atoms with van der Waals surface area (Å²) in [4.78, 5) is 29.9. The van der Waals surface area contributed by atoms with E-state index in [0.29, 0.717) is 22.2 Å². The number of amides is 1. The van der Waals surface area contributed by atoms with Crippen LogP contribution in [0.3, 0.4) is 0 Å². The summed E-state index contributed by atoms with van der Waals surface area (Å²) in [5.41, 5.74) is 7.20. The van der Waals surface area contributed by atoms with Gasteiger partial charge in [-0.1, -0.05) is 30.3 Å². The Balaban J connectivity index is 1.97. The number of ether oxygens (including phenoxy) is 1. The predicted molar refractivity (Wildman–Crippen MR) is 76.2 cm³/mol. The number of fused-ring (bicyclic) bond motifs is 1. The van der Waals surface area contributed by atoms with Crippen LogP contribution in [0.5, 0.6) is 6.01 Å². The number of ketones is 1. The zero-order chi connectivity index (χ0) is 14.8. The number of carbonyl (C=O) groups excluding carboxylic acids is 2. The van der Waals surface area contributed by atoms with E-state index in [4.69, 9.17) is 5.73 Å². The lowest BCUT2D eigenvalue weighted by atomic mass is 10.0. The Kier molecular flexibility index (Phi) is 3.12. The second-order valence-electron chi connectivity index (χ2n) is 4.39. The summed E-state index contributed by atoms with van der Waals surface area (Å²) in [6, 6.07) is 14.0. The third-order valence-corrected chi connectivity index (χ3v) is 2.96. The number of nitrogens with two attached hydrogens (primary N) is 1. The van der Waals surface area contributed by atoms with E-state index in [1.807, 2.05) is 6.07 Å². The Hall–Kier alpha value is -3.15. The molecule has 3 rings (SSSR count). The van der Waals surface area contributed by atoms with Crippen LogP contribution < -0.4 is 10.5 Å². The SMILES string of the molecule is NC(=O)Oc1nc2cc(C(=O)c3ccccc3)ccc2[nH]1. The molecule has 1 amide bonds. The summed E-state index contributed by atoms with van der Waals surface area (Å²) in [7, 11) is 0. The zero-order valence-electron chi connectivity index (χ0n) is 10.9. The maximum Gasteiger partial charge on any atom is 0.412 e. The number of primary amides is 1. The molecule has 6 nitrogen and oxygen atoms in total. The van der Waals surface area contributed by atoms with Gasteiger partial charge in [0, 0.05) is 11.1 Å². The van der Waals surface area contributed by atoms with E-state index in [-0.39, 0.29) is 11.8 Å². The van der Waals surface area contributed by atoms with Gasteiger partial charge in [-0.25, -0.2) is 4.79 Å². The highest BCUT2D eigenvalue weighted by Gasteiger charge is 2.12. The number of aromatic nitrogens is 2. The van der Waals surface area contributed by atoms with Crippen molar-refractivity contribution in [2.24, 2.45) is 5.73 Å². The quantitative estimate of drug-likeness (QED) is 0.719. The van der Waals surface area contributed by atoms with E-state index < -0.39 is 6.09 Å². The lowest BCUT2D eigenvalue weighted by Gasteiger charge is -2.00. The molecule has 0 atom stereocenters. The fourth-order valence-corrected chi connectivity index (χ4v) is 2.02. The first-order valence-corrected chi connectivity index (χ1v) is 6.20. The molecule has 104 valence electrons. The fourth-order valence-electron chi connectivity index (χ4n) is 2.02. The average molecular weight is 281 g/mol.